The topological polar surface area (TPSA) is 75.7 Å². The molecule has 4 aromatic rings. The summed E-state index contributed by atoms with van der Waals surface area (Å²) < 4.78 is 6.14. The zero-order valence-corrected chi connectivity index (χ0v) is 22.0. The van der Waals surface area contributed by atoms with E-state index in [1.54, 1.807) is 24.3 Å². The van der Waals surface area contributed by atoms with Crippen molar-refractivity contribution in [3.63, 3.8) is 0 Å². The number of rotatable bonds is 7. The van der Waals surface area contributed by atoms with E-state index in [4.69, 9.17) is 16.3 Å². The van der Waals surface area contributed by atoms with Gasteiger partial charge in [0.15, 0.2) is 0 Å². The fraction of sp³-hybridized carbons (Fsp3) is 0.100. The number of aryl methyl sites for hydroxylation is 1. The van der Waals surface area contributed by atoms with Gasteiger partial charge in [-0.15, -0.1) is 0 Å². The van der Waals surface area contributed by atoms with E-state index in [0.717, 1.165) is 38.6 Å². The van der Waals surface area contributed by atoms with Crippen molar-refractivity contribution >= 4 is 63.0 Å². The summed E-state index contributed by atoms with van der Waals surface area (Å²) in [7, 11) is 0. The van der Waals surface area contributed by atoms with Crippen LogP contribution in [0.4, 0.5) is 10.5 Å². The van der Waals surface area contributed by atoms with Crippen LogP contribution in [-0.2, 0) is 16.2 Å². The second kappa shape index (κ2) is 11.1. The van der Waals surface area contributed by atoms with Gasteiger partial charge in [-0.25, -0.2) is 0 Å². The average Bonchev–Trinajstić information content (AvgIpc) is 3.18. The highest BCUT2D eigenvalue weighted by Crippen LogP contribution is 2.37. The highest BCUT2D eigenvalue weighted by Gasteiger charge is 2.36. The molecule has 8 heteroatoms. The van der Waals surface area contributed by atoms with E-state index in [9.17, 15) is 14.4 Å². The number of ether oxygens (including phenoxy) is 1. The maximum Gasteiger partial charge on any atom is 0.294 e. The maximum absolute atomic E-state index is 13.2. The van der Waals surface area contributed by atoms with Crippen LogP contribution in [0.2, 0.25) is 5.02 Å². The number of carbonyl (C=O) groups excluding carboxylic acids is 3. The first-order valence-corrected chi connectivity index (χ1v) is 13.1. The van der Waals surface area contributed by atoms with Crippen molar-refractivity contribution < 1.29 is 19.1 Å². The lowest BCUT2D eigenvalue weighted by molar-refractivity contribution is -0.127. The number of halogens is 1. The van der Waals surface area contributed by atoms with Crippen molar-refractivity contribution in [2.75, 3.05) is 11.9 Å². The molecule has 1 N–H and O–H groups in total. The largest absolute Gasteiger partial charge is 0.488 e. The quantitative estimate of drug-likeness (QED) is 0.253. The van der Waals surface area contributed by atoms with Gasteiger partial charge in [-0.3, -0.25) is 19.3 Å². The number of nitrogens with one attached hydrogen (secondary N) is 1. The van der Waals surface area contributed by atoms with Gasteiger partial charge >= 0.3 is 0 Å². The SMILES string of the molecule is Cc1ccc(Cl)cc1NC(=O)CN1C(=O)S/C(=C/c2c(OCc3ccccc3)ccc3ccccc23)C1=O. The molecule has 38 heavy (non-hydrogen) atoms. The van der Waals surface area contributed by atoms with Gasteiger partial charge in [-0.05, 0) is 64.9 Å². The molecule has 190 valence electrons. The summed E-state index contributed by atoms with van der Waals surface area (Å²) in [6.45, 7) is 1.78. The Bertz CT molecular complexity index is 1590. The number of benzene rings is 4. The molecule has 0 unspecified atom stereocenters. The van der Waals surface area contributed by atoms with Crippen LogP contribution < -0.4 is 10.1 Å². The van der Waals surface area contributed by atoms with Gasteiger partial charge in [0.2, 0.25) is 5.91 Å². The van der Waals surface area contributed by atoms with E-state index < -0.39 is 23.6 Å². The third-order valence-electron chi connectivity index (χ3n) is 6.09. The molecule has 1 aliphatic heterocycles. The predicted octanol–water partition coefficient (Wildman–Crippen LogP) is 7.06. The minimum absolute atomic E-state index is 0.225. The Morgan fingerprint density at radius 3 is 2.58 bits per heavy atom. The lowest BCUT2D eigenvalue weighted by Crippen LogP contribution is -2.36. The molecular weight excluding hydrogens is 520 g/mol. The molecule has 0 radical (unpaired) electrons. The highest BCUT2D eigenvalue weighted by molar-refractivity contribution is 8.18. The van der Waals surface area contributed by atoms with Crippen LogP contribution in [-0.4, -0.2) is 28.5 Å². The molecule has 4 aromatic carbocycles. The van der Waals surface area contributed by atoms with Gasteiger partial charge in [0.25, 0.3) is 11.1 Å². The van der Waals surface area contributed by atoms with Crippen molar-refractivity contribution in [3.05, 3.63) is 112 Å². The predicted molar refractivity (Wildman–Crippen MR) is 152 cm³/mol. The summed E-state index contributed by atoms with van der Waals surface area (Å²) in [5.41, 5.74) is 3.05. The number of nitrogens with zero attached hydrogens (tertiary/aromatic N) is 1. The number of hydrogen-bond donors (Lipinski definition) is 1. The molecule has 1 saturated heterocycles. The Kier molecular flexibility index (Phi) is 7.49. The summed E-state index contributed by atoms with van der Waals surface area (Å²) >= 11 is 6.84. The van der Waals surface area contributed by atoms with Crippen molar-refractivity contribution in [1.82, 2.24) is 4.90 Å². The van der Waals surface area contributed by atoms with Gasteiger partial charge in [0.05, 0.1) is 4.91 Å². The molecule has 1 fully saturated rings. The number of thioether (sulfide) groups is 1. The molecule has 1 aliphatic rings. The molecule has 0 aromatic heterocycles. The number of carbonyl (C=O) groups is 3. The van der Waals surface area contributed by atoms with Gasteiger partial charge in [0, 0.05) is 16.3 Å². The van der Waals surface area contributed by atoms with Gasteiger partial charge in [-0.2, -0.15) is 0 Å². The van der Waals surface area contributed by atoms with E-state index in [2.05, 4.69) is 5.32 Å². The smallest absolute Gasteiger partial charge is 0.294 e. The van der Waals surface area contributed by atoms with Crippen LogP contribution in [0.25, 0.3) is 16.8 Å². The zero-order chi connectivity index (χ0) is 26.6. The first-order valence-electron chi connectivity index (χ1n) is 11.9. The summed E-state index contributed by atoms with van der Waals surface area (Å²) in [6.07, 6.45) is 1.67. The number of amides is 3. The second-order valence-electron chi connectivity index (χ2n) is 8.75. The average molecular weight is 543 g/mol. The molecule has 0 aliphatic carbocycles. The summed E-state index contributed by atoms with van der Waals surface area (Å²) in [5, 5.41) is 4.56. The fourth-order valence-electron chi connectivity index (χ4n) is 4.12. The molecule has 0 spiro atoms. The van der Waals surface area contributed by atoms with Crippen molar-refractivity contribution in [2.24, 2.45) is 0 Å². The molecule has 3 amide bonds. The third kappa shape index (κ3) is 5.59. The van der Waals surface area contributed by atoms with E-state index in [1.807, 2.05) is 73.7 Å². The third-order valence-corrected chi connectivity index (χ3v) is 7.23. The minimum Gasteiger partial charge on any atom is -0.488 e. The Morgan fingerprint density at radius 1 is 1.00 bits per heavy atom. The van der Waals surface area contributed by atoms with Crippen LogP contribution in [0, 0.1) is 6.92 Å². The van der Waals surface area contributed by atoms with Crippen molar-refractivity contribution in [2.45, 2.75) is 13.5 Å². The lowest BCUT2D eigenvalue weighted by atomic mass is 10.0. The number of hydrogen-bond acceptors (Lipinski definition) is 5. The molecule has 1 heterocycles. The Hall–Kier alpha value is -4.07. The van der Waals surface area contributed by atoms with Crippen LogP contribution in [0.1, 0.15) is 16.7 Å². The first kappa shape index (κ1) is 25.6. The van der Waals surface area contributed by atoms with E-state index >= 15 is 0 Å². The number of imide groups is 1. The van der Waals surface area contributed by atoms with Gasteiger partial charge < -0.3 is 10.1 Å². The molecule has 5 rings (SSSR count). The van der Waals surface area contributed by atoms with Crippen LogP contribution in [0.3, 0.4) is 0 Å². The lowest BCUT2D eigenvalue weighted by Gasteiger charge is -2.14. The Morgan fingerprint density at radius 2 is 1.76 bits per heavy atom. The van der Waals surface area contributed by atoms with Gasteiger partial charge in [-0.1, -0.05) is 78.3 Å². The molecular formula is C30H23ClN2O4S. The maximum atomic E-state index is 13.2. The number of fused-ring (bicyclic) bond motifs is 1. The normalized spacial score (nSPS) is 14.4. The summed E-state index contributed by atoms with van der Waals surface area (Å²) in [5.74, 6) is -0.426. The fourth-order valence-corrected chi connectivity index (χ4v) is 5.11. The van der Waals surface area contributed by atoms with Crippen LogP contribution >= 0.6 is 23.4 Å². The van der Waals surface area contributed by atoms with Crippen molar-refractivity contribution in [1.29, 1.82) is 0 Å². The molecule has 0 atom stereocenters. The Balaban J connectivity index is 1.40. The first-order chi connectivity index (χ1) is 18.4. The second-order valence-corrected chi connectivity index (χ2v) is 10.2. The van der Waals surface area contributed by atoms with E-state index in [0.29, 0.717) is 28.6 Å². The minimum atomic E-state index is -0.528. The summed E-state index contributed by atoms with van der Waals surface area (Å²) in [4.78, 5) is 39.8. The molecule has 6 nitrogen and oxygen atoms in total. The summed E-state index contributed by atoms with van der Waals surface area (Å²) in [6, 6.07) is 26.5. The Labute approximate surface area is 229 Å². The van der Waals surface area contributed by atoms with Gasteiger partial charge in [0.1, 0.15) is 18.9 Å². The zero-order valence-electron chi connectivity index (χ0n) is 20.4. The van der Waals surface area contributed by atoms with E-state index in [1.165, 1.54) is 0 Å². The van der Waals surface area contributed by atoms with Crippen LogP contribution in [0.15, 0.2) is 89.8 Å². The standard InChI is InChI=1S/C30H23ClN2O4S/c1-19-11-13-22(31)15-25(19)32-28(34)17-33-29(35)27(38-30(33)36)16-24-23-10-6-5-9-21(23)12-14-26(24)37-18-20-7-3-2-4-8-20/h2-16H,17-18H2,1H3,(H,32,34)/b27-16+. The monoisotopic (exact) mass is 542 g/mol. The molecule has 0 saturated carbocycles. The van der Waals surface area contributed by atoms with Crippen molar-refractivity contribution in [3.8, 4) is 5.75 Å². The number of anilines is 1. The molecule has 0 bridgehead atoms. The van der Waals surface area contributed by atoms with E-state index in [-0.39, 0.29) is 4.91 Å². The van der Waals surface area contributed by atoms with Crippen LogP contribution in [0.5, 0.6) is 5.75 Å². The highest BCUT2D eigenvalue weighted by atomic mass is 35.5.